The Balaban J connectivity index is 2.34. The van der Waals surface area contributed by atoms with Crippen molar-refractivity contribution in [1.82, 2.24) is 14.9 Å². The Kier molecular flexibility index (Phi) is 5.12. The first-order chi connectivity index (χ1) is 8.77. The average Bonchev–Trinajstić information content (AvgIpc) is 2.99. The minimum Gasteiger partial charge on any atom is -0.305 e. The lowest BCUT2D eigenvalue weighted by atomic mass is 10.1. The van der Waals surface area contributed by atoms with Crippen molar-refractivity contribution < 1.29 is 0 Å². The van der Waals surface area contributed by atoms with Gasteiger partial charge in [0.05, 0.1) is 21.6 Å². The van der Waals surface area contributed by atoms with Gasteiger partial charge in [0.25, 0.3) is 0 Å². The Hall–Kier alpha value is -0.490. The molecule has 0 aromatic carbocycles. The highest BCUT2D eigenvalue weighted by Crippen LogP contribution is 2.35. The average molecular weight is 302 g/mol. The van der Waals surface area contributed by atoms with Crippen LogP contribution in [0.3, 0.4) is 0 Å². The third-order valence-corrected chi connectivity index (χ3v) is 4.94. The molecule has 0 radical (unpaired) electrons. The van der Waals surface area contributed by atoms with Gasteiger partial charge in [0.15, 0.2) is 0 Å². The molecule has 98 valence electrons. The molecule has 0 fully saturated rings. The SMILES string of the molecule is CCCNC(c1sccc1Cl)c1snnc1CC. The Morgan fingerprint density at radius 3 is 2.83 bits per heavy atom. The van der Waals surface area contributed by atoms with Gasteiger partial charge in [0.2, 0.25) is 0 Å². The predicted octanol–water partition coefficient (Wildman–Crippen LogP) is 3.90. The molecule has 0 amide bonds. The van der Waals surface area contributed by atoms with Crippen molar-refractivity contribution in [3.8, 4) is 0 Å². The number of hydrogen-bond acceptors (Lipinski definition) is 5. The fourth-order valence-corrected chi connectivity index (χ4v) is 3.93. The van der Waals surface area contributed by atoms with Crippen molar-refractivity contribution >= 4 is 34.5 Å². The van der Waals surface area contributed by atoms with Crippen molar-refractivity contribution in [2.45, 2.75) is 32.7 Å². The molecular formula is C12H16ClN3S2. The Morgan fingerprint density at radius 2 is 2.22 bits per heavy atom. The highest BCUT2D eigenvalue weighted by molar-refractivity contribution is 7.11. The van der Waals surface area contributed by atoms with E-state index < -0.39 is 0 Å². The maximum atomic E-state index is 6.26. The van der Waals surface area contributed by atoms with Crippen molar-refractivity contribution in [3.63, 3.8) is 0 Å². The van der Waals surface area contributed by atoms with E-state index in [4.69, 9.17) is 11.6 Å². The van der Waals surface area contributed by atoms with Crippen LogP contribution in [-0.4, -0.2) is 16.1 Å². The number of aryl methyl sites for hydroxylation is 1. The van der Waals surface area contributed by atoms with Crippen LogP contribution >= 0.6 is 34.5 Å². The van der Waals surface area contributed by atoms with Gasteiger partial charge in [-0.25, -0.2) is 0 Å². The van der Waals surface area contributed by atoms with Crippen molar-refractivity contribution in [2.75, 3.05) is 6.54 Å². The summed E-state index contributed by atoms with van der Waals surface area (Å²) >= 11 is 9.41. The second kappa shape index (κ2) is 6.61. The number of hydrogen-bond donors (Lipinski definition) is 1. The molecule has 2 aromatic rings. The minimum atomic E-state index is 0.132. The Bertz CT molecular complexity index is 495. The van der Waals surface area contributed by atoms with Crippen LogP contribution in [0.1, 0.15) is 41.8 Å². The zero-order chi connectivity index (χ0) is 13.0. The maximum Gasteiger partial charge on any atom is 0.0815 e. The zero-order valence-electron chi connectivity index (χ0n) is 10.4. The van der Waals surface area contributed by atoms with Crippen LogP contribution in [0, 0.1) is 0 Å². The lowest BCUT2D eigenvalue weighted by molar-refractivity contribution is 0.608. The summed E-state index contributed by atoms with van der Waals surface area (Å²) in [5, 5.41) is 10.6. The largest absolute Gasteiger partial charge is 0.305 e. The fraction of sp³-hybridized carbons (Fsp3) is 0.500. The van der Waals surface area contributed by atoms with Gasteiger partial charge in [-0.2, -0.15) is 0 Å². The van der Waals surface area contributed by atoms with E-state index in [1.165, 1.54) is 16.4 Å². The number of nitrogens with one attached hydrogen (secondary N) is 1. The molecule has 2 rings (SSSR count). The van der Waals surface area contributed by atoms with Gasteiger partial charge in [-0.15, -0.1) is 16.4 Å². The van der Waals surface area contributed by atoms with E-state index in [0.29, 0.717) is 0 Å². The van der Waals surface area contributed by atoms with Crippen LogP contribution in [0.5, 0.6) is 0 Å². The van der Waals surface area contributed by atoms with Gasteiger partial charge in [-0.1, -0.05) is 29.9 Å². The van der Waals surface area contributed by atoms with Crippen molar-refractivity contribution in [1.29, 1.82) is 0 Å². The highest BCUT2D eigenvalue weighted by Gasteiger charge is 2.22. The molecule has 0 saturated heterocycles. The predicted molar refractivity (Wildman–Crippen MR) is 78.8 cm³/mol. The van der Waals surface area contributed by atoms with E-state index in [2.05, 4.69) is 28.8 Å². The molecule has 0 aliphatic rings. The molecule has 2 heterocycles. The van der Waals surface area contributed by atoms with Crippen LogP contribution in [0.15, 0.2) is 11.4 Å². The van der Waals surface area contributed by atoms with Gasteiger partial charge >= 0.3 is 0 Å². The van der Waals surface area contributed by atoms with E-state index in [0.717, 1.165) is 35.0 Å². The Morgan fingerprint density at radius 1 is 1.39 bits per heavy atom. The molecule has 18 heavy (non-hydrogen) atoms. The molecule has 1 N–H and O–H groups in total. The van der Waals surface area contributed by atoms with Crippen LogP contribution in [0.25, 0.3) is 0 Å². The number of halogens is 1. The molecule has 0 aliphatic heterocycles. The molecule has 0 spiro atoms. The van der Waals surface area contributed by atoms with Gasteiger partial charge in [0, 0.05) is 4.88 Å². The number of aromatic nitrogens is 2. The van der Waals surface area contributed by atoms with Crippen molar-refractivity contribution in [3.05, 3.63) is 31.9 Å². The molecule has 6 heteroatoms. The number of nitrogens with zero attached hydrogens (tertiary/aromatic N) is 2. The van der Waals surface area contributed by atoms with Crippen molar-refractivity contribution in [2.24, 2.45) is 0 Å². The monoisotopic (exact) mass is 301 g/mol. The number of thiophene rings is 1. The van der Waals surface area contributed by atoms with Crippen LogP contribution in [0.4, 0.5) is 0 Å². The summed E-state index contributed by atoms with van der Waals surface area (Å²) in [6, 6.07) is 2.08. The topological polar surface area (TPSA) is 37.8 Å². The smallest absolute Gasteiger partial charge is 0.0815 e. The molecule has 3 nitrogen and oxygen atoms in total. The third kappa shape index (κ3) is 2.91. The normalized spacial score (nSPS) is 12.8. The van der Waals surface area contributed by atoms with Gasteiger partial charge in [0.1, 0.15) is 0 Å². The second-order valence-corrected chi connectivity index (χ2v) is 6.10. The lowest BCUT2D eigenvalue weighted by Gasteiger charge is -2.16. The second-order valence-electron chi connectivity index (χ2n) is 3.96. The van der Waals surface area contributed by atoms with E-state index in [-0.39, 0.29) is 6.04 Å². The van der Waals surface area contributed by atoms with Gasteiger partial charge in [-0.3, -0.25) is 0 Å². The summed E-state index contributed by atoms with van der Waals surface area (Å²) < 4.78 is 4.07. The first-order valence-corrected chi connectivity index (χ1v) is 8.08. The summed E-state index contributed by atoms with van der Waals surface area (Å²) in [5.74, 6) is 0. The van der Waals surface area contributed by atoms with Gasteiger partial charge < -0.3 is 5.32 Å². The zero-order valence-corrected chi connectivity index (χ0v) is 12.8. The Labute approximate surface area is 120 Å². The third-order valence-electron chi connectivity index (χ3n) is 2.69. The molecule has 0 saturated carbocycles. The molecular weight excluding hydrogens is 286 g/mol. The summed E-state index contributed by atoms with van der Waals surface area (Å²) in [6.45, 7) is 5.22. The molecule has 1 atom stereocenters. The molecule has 0 bridgehead atoms. The molecule has 1 unspecified atom stereocenters. The summed E-state index contributed by atoms with van der Waals surface area (Å²) in [7, 11) is 0. The van der Waals surface area contributed by atoms with Crippen LogP contribution < -0.4 is 5.32 Å². The number of rotatable bonds is 6. The fourth-order valence-electron chi connectivity index (χ4n) is 1.78. The van der Waals surface area contributed by atoms with E-state index in [1.807, 2.05) is 11.4 Å². The quantitative estimate of drug-likeness (QED) is 0.879. The van der Waals surface area contributed by atoms with E-state index >= 15 is 0 Å². The maximum absolute atomic E-state index is 6.26. The molecule has 2 aromatic heterocycles. The summed E-state index contributed by atoms with van der Waals surface area (Å²) in [6.07, 6.45) is 1.99. The van der Waals surface area contributed by atoms with Crippen LogP contribution in [0.2, 0.25) is 5.02 Å². The van der Waals surface area contributed by atoms with E-state index in [9.17, 15) is 0 Å². The molecule has 0 aliphatic carbocycles. The first kappa shape index (κ1) is 13.9. The summed E-state index contributed by atoms with van der Waals surface area (Å²) in [4.78, 5) is 2.35. The first-order valence-electron chi connectivity index (χ1n) is 6.05. The lowest BCUT2D eigenvalue weighted by Crippen LogP contribution is -2.22. The minimum absolute atomic E-state index is 0.132. The van der Waals surface area contributed by atoms with E-state index in [1.54, 1.807) is 11.3 Å². The highest BCUT2D eigenvalue weighted by atomic mass is 35.5. The summed E-state index contributed by atoms with van der Waals surface area (Å²) in [5.41, 5.74) is 1.07. The standard InChI is InChI=1S/C12H16ClN3S2/c1-3-6-14-10(11-8(13)5-7-17-11)12-9(4-2)15-16-18-12/h5,7,10,14H,3-4,6H2,1-2H3. The van der Waals surface area contributed by atoms with Gasteiger partial charge in [-0.05, 0) is 42.4 Å². The van der Waals surface area contributed by atoms with Crippen LogP contribution in [-0.2, 0) is 6.42 Å².